The number of carbonyl (C=O) groups excluding carboxylic acids is 1. The number of nitrogens with zero attached hydrogens (tertiary/aromatic N) is 2. The van der Waals surface area contributed by atoms with Gasteiger partial charge in [-0.05, 0) is 34.7 Å². The summed E-state index contributed by atoms with van der Waals surface area (Å²) in [6.45, 7) is 1.77. The van der Waals surface area contributed by atoms with Crippen molar-refractivity contribution in [3.05, 3.63) is 27.8 Å². The molecule has 3 rings (SSSR count). The topological polar surface area (TPSA) is 66.8 Å². The zero-order valence-corrected chi connectivity index (χ0v) is 15.7. The molecule has 2 heterocycles. The van der Waals surface area contributed by atoms with Crippen LogP contribution in [-0.4, -0.2) is 42.3 Å². The van der Waals surface area contributed by atoms with Crippen LogP contribution in [0.15, 0.2) is 29.3 Å². The van der Waals surface area contributed by atoms with Gasteiger partial charge in [0.2, 0.25) is 5.91 Å². The average Bonchev–Trinajstić information content (AvgIpc) is 2.91. The third kappa shape index (κ3) is 3.05. The lowest BCUT2D eigenvalue weighted by Crippen LogP contribution is -2.38. The Labute approximate surface area is 147 Å². The molecule has 0 unspecified atom stereocenters. The predicted molar refractivity (Wildman–Crippen MR) is 98.2 cm³/mol. The molecule has 2 saturated heterocycles. The molecule has 1 aromatic rings. The summed E-state index contributed by atoms with van der Waals surface area (Å²) in [5.41, 5.74) is 0.919. The quantitative estimate of drug-likeness (QED) is 0.648. The fraction of sp³-hybridized carbons (Fsp3) is 0.429. The van der Waals surface area contributed by atoms with Crippen LogP contribution in [0.5, 0.6) is 0 Å². The Hall–Kier alpha value is -0.610. The van der Waals surface area contributed by atoms with Gasteiger partial charge in [-0.15, -0.1) is 0 Å². The van der Waals surface area contributed by atoms with Crippen LogP contribution in [0.2, 0.25) is 0 Å². The van der Waals surface area contributed by atoms with E-state index in [0.717, 1.165) is 9.26 Å². The maximum atomic E-state index is 11.9. The van der Waals surface area contributed by atoms with Crippen molar-refractivity contribution in [1.29, 1.82) is 0 Å². The number of amidine groups is 1. The van der Waals surface area contributed by atoms with E-state index in [1.165, 1.54) is 11.8 Å². The van der Waals surface area contributed by atoms with Crippen molar-refractivity contribution in [3.8, 4) is 0 Å². The highest BCUT2D eigenvalue weighted by Gasteiger charge is 2.49. The Morgan fingerprint density at radius 3 is 2.82 bits per heavy atom. The summed E-state index contributed by atoms with van der Waals surface area (Å²) in [5, 5.41) is 0.574. The SMILES string of the molecule is CCC(=O)N=C1S[C@H]2CS(=O)(=O)C[C@H]2N1c1ccccc1I. The number of aliphatic imine (C=N–C) groups is 1. The van der Waals surface area contributed by atoms with Crippen LogP contribution in [0.1, 0.15) is 13.3 Å². The molecule has 5 nitrogen and oxygen atoms in total. The molecule has 118 valence electrons. The molecule has 0 aliphatic carbocycles. The fourth-order valence-electron chi connectivity index (χ4n) is 2.68. The van der Waals surface area contributed by atoms with E-state index < -0.39 is 9.84 Å². The van der Waals surface area contributed by atoms with Crippen molar-refractivity contribution in [2.45, 2.75) is 24.6 Å². The largest absolute Gasteiger partial charge is 0.315 e. The second-order valence-corrected chi connectivity index (χ2v) is 9.79. The van der Waals surface area contributed by atoms with Gasteiger partial charge in [0.05, 0.1) is 23.2 Å². The van der Waals surface area contributed by atoms with Gasteiger partial charge in [-0.25, -0.2) is 8.42 Å². The number of carbonyl (C=O) groups is 1. The molecule has 8 heteroatoms. The first-order chi connectivity index (χ1) is 10.4. The molecular formula is C14H15IN2O3S2. The van der Waals surface area contributed by atoms with Crippen molar-refractivity contribution in [2.75, 3.05) is 16.4 Å². The summed E-state index contributed by atoms with van der Waals surface area (Å²) < 4.78 is 24.9. The van der Waals surface area contributed by atoms with Gasteiger partial charge in [0.1, 0.15) is 0 Å². The van der Waals surface area contributed by atoms with Gasteiger partial charge in [-0.3, -0.25) is 4.79 Å². The average molecular weight is 450 g/mol. The van der Waals surface area contributed by atoms with Crippen molar-refractivity contribution in [1.82, 2.24) is 0 Å². The summed E-state index contributed by atoms with van der Waals surface area (Å²) in [6, 6.07) is 7.62. The molecule has 2 fully saturated rings. The van der Waals surface area contributed by atoms with Crippen molar-refractivity contribution < 1.29 is 13.2 Å². The van der Waals surface area contributed by atoms with E-state index in [0.29, 0.717) is 11.6 Å². The van der Waals surface area contributed by atoms with Crippen LogP contribution in [0.25, 0.3) is 0 Å². The number of anilines is 1. The first kappa shape index (κ1) is 16.3. The lowest BCUT2D eigenvalue weighted by Gasteiger charge is -2.25. The molecule has 0 bridgehead atoms. The summed E-state index contributed by atoms with van der Waals surface area (Å²) >= 11 is 3.64. The Morgan fingerprint density at radius 1 is 1.41 bits per heavy atom. The molecule has 0 saturated carbocycles. The lowest BCUT2D eigenvalue weighted by molar-refractivity contribution is -0.117. The zero-order valence-electron chi connectivity index (χ0n) is 11.9. The van der Waals surface area contributed by atoms with Gasteiger partial charge in [0.15, 0.2) is 15.0 Å². The number of rotatable bonds is 2. The van der Waals surface area contributed by atoms with E-state index in [-0.39, 0.29) is 28.7 Å². The summed E-state index contributed by atoms with van der Waals surface area (Å²) in [7, 11) is -3.02. The molecule has 1 aromatic carbocycles. The Bertz CT molecular complexity index is 748. The Balaban J connectivity index is 2.05. The van der Waals surface area contributed by atoms with E-state index in [1.807, 2.05) is 29.2 Å². The van der Waals surface area contributed by atoms with E-state index in [9.17, 15) is 13.2 Å². The fourth-order valence-corrected chi connectivity index (χ4v) is 7.25. The van der Waals surface area contributed by atoms with Gasteiger partial charge >= 0.3 is 0 Å². The van der Waals surface area contributed by atoms with Crippen LogP contribution in [0.3, 0.4) is 0 Å². The van der Waals surface area contributed by atoms with Crippen molar-refractivity contribution in [2.24, 2.45) is 4.99 Å². The first-order valence-electron chi connectivity index (χ1n) is 6.93. The number of benzene rings is 1. The maximum Gasteiger partial charge on any atom is 0.247 e. The molecule has 0 spiro atoms. The Kier molecular flexibility index (Phi) is 4.52. The number of hydrogen-bond donors (Lipinski definition) is 0. The highest BCUT2D eigenvalue weighted by molar-refractivity contribution is 14.1. The third-order valence-electron chi connectivity index (χ3n) is 3.70. The van der Waals surface area contributed by atoms with Crippen LogP contribution >= 0.6 is 34.4 Å². The number of fused-ring (bicyclic) bond motifs is 1. The molecule has 0 aromatic heterocycles. The van der Waals surface area contributed by atoms with Crippen LogP contribution < -0.4 is 4.90 Å². The van der Waals surface area contributed by atoms with E-state index in [4.69, 9.17) is 0 Å². The molecule has 0 N–H and O–H groups in total. The summed E-state index contributed by atoms with van der Waals surface area (Å²) in [6.07, 6.45) is 0.345. The number of para-hydroxylation sites is 1. The maximum absolute atomic E-state index is 11.9. The highest BCUT2D eigenvalue weighted by atomic mass is 127. The summed E-state index contributed by atoms with van der Waals surface area (Å²) in [5.74, 6) is 0.0950. The van der Waals surface area contributed by atoms with Gasteiger partial charge in [0.25, 0.3) is 0 Å². The molecule has 22 heavy (non-hydrogen) atoms. The first-order valence-corrected chi connectivity index (χ1v) is 10.7. The predicted octanol–water partition coefficient (Wildman–Crippen LogP) is 2.30. The van der Waals surface area contributed by atoms with Gasteiger partial charge in [-0.1, -0.05) is 30.8 Å². The Morgan fingerprint density at radius 2 is 2.14 bits per heavy atom. The second-order valence-electron chi connectivity index (χ2n) is 5.26. The number of halogens is 1. The second kappa shape index (κ2) is 6.12. The van der Waals surface area contributed by atoms with Crippen LogP contribution in [-0.2, 0) is 14.6 Å². The normalized spacial score (nSPS) is 28.1. The van der Waals surface area contributed by atoms with E-state index in [1.54, 1.807) is 6.92 Å². The van der Waals surface area contributed by atoms with E-state index >= 15 is 0 Å². The number of hydrogen-bond acceptors (Lipinski definition) is 4. The molecule has 0 radical (unpaired) electrons. The highest BCUT2D eigenvalue weighted by Crippen LogP contribution is 2.42. The molecule has 1 amide bonds. The minimum atomic E-state index is -3.02. The minimum Gasteiger partial charge on any atom is -0.315 e. The smallest absolute Gasteiger partial charge is 0.247 e. The third-order valence-corrected chi connectivity index (χ3v) is 7.82. The zero-order chi connectivity index (χ0) is 15.9. The van der Waals surface area contributed by atoms with Gasteiger partial charge in [-0.2, -0.15) is 4.99 Å². The molecule has 2 aliphatic rings. The molecule has 2 atom stereocenters. The lowest BCUT2D eigenvalue weighted by atomic mass is 10.2. The number of amides is 1. The molecular weight excluding hydrogens is 435 g/mol. The number of thioether (sulfide) groups is 1. The van der Waals surface area contributed by atoms with E-state index in [2.05, 4.69) is 27.6 Å². The summed E-state index contributed by atoms with van der Waals surface area (Å²) in [4.78, 5) is 17.9. The molecule has 2 aliphatic heterocycles. The minimum absolute atomic E-state index is 0.0515. The van der Waals surface area contributed by atoms with Crippen molar-refractivity contribution >= 4 is 61.0 Å². The van der Waals surface area contributed by atoms with Crippen LogP contribution in [0.4, 0.5) is 5.69 Å². The van der Waals surface area contributed by atoms with Crippen LogP contribution in [0, 0.1) is 3.57 Å². The standard InChI is InChI=1S/C14H15IN2O3S2/c1-2-13(18)16-14-17(10-6-4-3-5-9(10)15)11-7-22(19,20)8-12(11)21-14/h3-6,11-12H,2,7-8H2,1H3/t11-,12+/m1/s1. The van der Waals surface area contributed by atoms with Crippen molar-refractivity contribution in [3.63, 3.8) is 0 Å². The van der Waals surface area contributed by atoms with Gasteiger partial charge in [0, 0.05) is 15.2 Å². The monoisotopic (exact) mass is 450 g/mol. The van der Waals surface area contributed by atoms with Gasteiger partial charge < -0.3 is 4.90 Å². The number of sulfone groups is 1.